The molecule has 1 fully saturated rings. The van der Waals surface area contributed by atoms with E-state index in [4.69, 9.17) is 16.3 Å². The zero-order chi connectivity index (χ0) is 25.9. The van der Waals surface area contributed by atoms with Crippen molar-refractivity contribution in [2.45, 2.75) is 25.4 Å². The summed E-state index contributed by atoms with van der Waals surface area (Å²) in [6, 6.07) is 13.2. The standard InChI is InChI=1S/C27H25ClN4O5/c28-23-9-20(11-29-25(23)34)17-3-5-18(6-4-17)24(31-27(36)30-15-33)13-32-12-19-7-8-21(10-22(19)26(32)35)37-14-16-1-2-16/h3-11,15-16,24H,1-2,12-14H2,(H,29,34)(H2,30,31,33,36)/t24-/m0/s1. The van der Waals surface area contributed by atoms with Gasteiger partial charge in [0.05, 0.1) is 12.6 Å². The number of pyridine rings is 1. The van der Waals surface area contributed by atoms with Crippen molar-refractivity contribution in [1.29, 1.82) is 0 Å². The lowest BCUT2D eigenvalue weighted by molar-refractivity contribution is -0.108. The lowest BCUT2D eigenvalue weighted by Gasteiger charge is -2.25. The van der Waals surface area contributed by atoms with Gasteiger partial charge in [-0.15, -0.1) is 0 Å². The van der Waals surface area contributed by atoms with Crippen molar-refractivity contribution in [3.05, 3.63) is 86.8 Å². The van der Waals surface area contributed by atoms with Crippen LogP contribution in [0.15, 0.2) is 59.5 Å². The topological polar surface area (TPSA) is 121 Å². The van der Waals surface area contributed by atoms with Crippen LogP contribution in [0.25, 0.3) is 11.1 Å². The van der Waals surface area contributed by atoms with Gasteiger partial charge in [-0.2, -0.15) is 0 Å². The summed E-state index contributed by atoms with van der Waals surface area (Å²) in [5, 5.41) is 4.93. The number of aromatic amines is 1. The summed E-state index contributed by atoms with van der Waals surface area (Å²) >= 11 is 5.95. The van der Waals surface area contributed by atoms with Crippen LogP contribution in [0.4, 0.5) is 4.79 Å². The van der Waals surface area contributed by atoms with Gasteiger partial charge in [0, 0.05) is 24.8 Å². The number of nitrogens with one attached hydrogen (secondary N) is 3. The fourth-order valence-electron chi connectivity index (χ4n) is 4.31. The van der Waals surface area contributed by atoms with Crippen LogP contribution in [0.3, 0.4) is 0 Å². The SMILES string of the molecule is O=CNC(=O)N[C@@H](CN1Cc2ccc(OCC3CC3)cc2C1=O)c1ccc(-c2c[nH]c(=O)c(Cl)c2)cc1. The number of amides is 4. The molecule has 3 N–H and O–H groups in total. The second kappa shape index (κ2) is 10.5. The minimum absolute atomic E-state index is 0.0832. The predicted molar refractivity (Wildman–Crippen MR) is 137 cm³/mol. The maximum Gasteiger partial charge on any atom is 0.321 e. The van der Waals surface area contributed by atoms with E-state index in [1.165, 1.54) is 12.8 Å². The third kappa shape index (κ3) is 5.67. The molecule has 0 saturated heterocycles. The van der Waals surface area contributed by atoms with Crippen LogP contribution in [0, 0.1) is 5.92 Å². The van der Waals surface area contributed by atoms with E-state index in [-0.39, 0.29) is 23.0 Å². The molecule has 4 amide bonds. The van der Waals surface area contributed by atoms with Crippen LogP contribution < -0.4 is 20.9 Å². The molecule has 1 atom stereocenters. The molecule has 1 aliphatic carbocycles. The number of aromatic nitrogens is 1. The third-order valence-electron chi connectivity index (χ3n) is 6.55. The Morgan fingerprint density at radius 2 is 1.92 bits per heavy atom. The van der Waals surface area contributed by atoms with E-state index >= 15 is 0 Å². The van der Waals surface area contributed by atoms with E-state index in [1.807, 2.05) is 36.4 Å². The van der Waals surface area contributed by atoms with Gasteiger partial charge in [-0.05, 0) is 59.2 Å². The van der Waals surface area contributed by atoms with Crippen molar-refractivity contribution in [2.75, 3.05) is 13.2 Å². The third-order valence-corrected chi connectivity index (χ3v) is 6.83. The van der Waals surface area contributed by atoms with Crippen LogP contribution in [0.1, 0.15) is 40.4 Å². The highest BCUT2D eigenvalue weighted by Gasteiger charge is 2.31. The normalized spacial score (nSPS) is 15.2. The number of carbonyl (C=O) groups excluding carboxylic acids is 3. The van der Waals surface area contributed by atoms with E-state index in [0.29, 0.717) is 36.8 Å². The Morgan fingerprint density at radius 1 is 1.14 bits per heavy atom. The molecule has 3 aromatic rings. The number of halogens is 1. The number of benzene rings is 2. The molecular weight excluding hydrogens is 496 g/mol. The molecule has 1 aliphatic heterocycles. The number of imide groups is 1. The molecule has 1 saturated carbocycles. The van der Waals surface area contributed by atoms with Gasteiger partial charge in [0.25, 0.3) is 11.5 Å². The summed E-state index contributed by atoms with van der Waals surface area (Å²) in [4.78, 5) is 52.0. The molecule has 0 bridgehead atoms. The Labute approximate surface area is 217 Å². The van der Waals surface area contributed by atoms with E-state index in [2.05, 4.69) is 15.6 Å². The molecule has 5 rings (SSSR count). The number of H-pyrrole nitrogens is 1. The maximum absolute atomic E-state index is 13.2. The van der Waals surface area contributed by atoms with Crippen molar-refractivity contribution < 1.29 is 19.1 Å². The Bertz CT molecular complexity index is 1400. The second-order valence-electron chi connectivity index (χ2n) is 9.23. The van der Waals surface area contributed by atoms with E-state index in [9.17, 15) is 19.2 Å². The smallest absolute Gasteiger partial charge is 0.321 e. The van der Waals surface area contributed by atoms with Gasteiger partial charge in [0.15, 0.2) is 0 Å². The summed E-state index contributed by atoms with van der Waals surface area (Å²) in [5.74, 6) is 1.14. The zero-order valence-electron chi connectivity index (χ0n) is 19.8. The van der Waals surface area contributed by atoms with Crippen molar-refractivity contribution in [3.63, 3.8) is 0 Å². The van der Waals surface area contributed by atoms with Crippen molar-refractivity contribution >= 4 is 29.9 Å². The first-order chi connectivity index (χ1) is 17.9. The number of hydrogen-bond acceptors (Lipinski definition) is 5. The average molecular weight is 521 g/mol. The van der Waals surface area contributed by atoms with E-state index < -0.39 is 12.1 Å². The maximum atomic E-state index is 13.2. The molecule has 1 aromatic heterocycles. The average Bonchev–Trinajstić information content (AvgIpc) is 3.68. The highest BCUT2D eigenvalue weighted by atomic mass is 35.5. The number of carbonyl (C=O) groups is 3. The van der Waals surface area contributed by atoms with Gasteiger partial charge in [0.2, 0.25) is 6.41 Å². The highest BCUT2D eigenvalue weighted by molar-refractivity contribution is 6.30. The monoisotopic (exact) mass is 520 g/mol. The number of ether oxygens (including phenoxy) is 1. The van der Waals surface area contributed by atoms with Gasteiger partial charge < -0.3 is 19.9 Å². The van der Waals surface area contributed by atoms with Crippen LogP contribution in [0.5, 0.6) is 5.75 Å². The molecule has 37 heavy (non-hydrogen) atoms. The number of nitrogens with zero attached hydrogens (tertiary/aromatic N) is 1. The first-order valence-electron chi connectivity index (χ1n) is 12.0. The summed E-state index contributed by atoms with van der Waals surface area (Å²) in [5.41, 5.74) is 3.38. The van der Waals surface area contributed by atoms with Crippen molar-refractivity contribution in [1.82, 2.24) is 20.5 Å². The first kappa shape index (κ1) is 24.6. The molecular formula is C27H25ClN4O5. The fourth-order valence-corrected chi connectivity index (χ4v) is 4.49. The Hall–Kier alpha value is -4.11. The number of fused-ring (bicyclic) bond motifs is 1. The fraction of sp³-hybridized carbons (Fsp3) is 0.259. The number of rotatable bonds is 9. The minimum atomic E-state index is -0.670. The van der Waals surface area contributed by atoms with Crippen LogP contribution in [-0.4, -0.2) is 41.4 Å². The van der Waals surface area contributed by atoms with Crippen molar-refractivity contribution in [2.24, 2.45) is 5.92 Å². The molecule has 0 spiro atoms. The van der Waals surface area contributed by atoms with Crippen LogP contribution in [0.2, 0.25) is 5.02 Å². The molecule has 10 heteroatoms. The Balaban J connectivity index is 1.34. The molecule has 2 heterocycles. The van der Waals surface area contributed by atoms with Gasteiger partial charge in [-0.25, -0.2) is 4.79 Å². The summed E-state index contributed by atoms with van der Waals surface area (Å²) < 4.78 is 5.83. The van der Waals surface area contributed by atoms with Gasteiger partial charge in [-0.1, -0.05) is 41.9 Å². The molecule has 2 aliphatic rings. The van der Waals surface area contributed by atoms with Crippen LogP contribution >= 0.6 is 11.6 Å². The van der Waals surface area contributed by atoms with Crippen molar-refractivity contribution in [3.8, 4) is 16.9 Å². The van der Waals surface area contributed by atoms with Crippen LogP contribution in [-0.2, 0) is 11.3 Å². The molecule has 0 radical (unpaired) electrons. The lowest BCUT2D eigenvalue weighted by Crippen LogP contribution is -2.42. The van der Waals surface area contributed by atoms with Gasteiger partial charge in [0.1, 0.15) is 10.8 Å². The Kier molecular flexibility index (Phi) is 6.96. The minimum Gasteiger partial charge on any atom is -0.493 e. The first-order valence-corrected chi connectivity index (χ1v) is 12.3. The summed E-state index contributed by atoms with van der Waals surface area (Å²) in [6.07, 6.45) is 4.24. The van der Waals surface area contributed by atoms with E-state index in [0.717, 1.165) is 22.3 Å². The zero-order valence-corrected chi connectivity index (χ0v) is 20.6. The van der Waals surface area contributed by atoms with Gasteiger partial charge >= 0.3 is 6.03 Å². The molecule has 9 nitrogen and oxygen atoms in total. The number of hydrogen-bond donors (Lipinski definition) is 3. The highest BCUT2D eigenvalue weighted by Crippen LogP contribution is 2.32. The predicted octanol–water partition coefficient (Wildman–Crippen LogP) is 3.64. The second-order valence-corrected chi connectivity index (χ2v) is 9.64. The summed E-state index contributed by atoms with van der Waals surface area (Å²) in [6.45, 7) is 1.26. The van der Waals surface area contributed by atoms with E-state index in [1.54, 1.807) is 23.2 Å². The molecule has 190 valence electrons. The molecule has 2 aromatic carbocycles. The largest absolute Gasteiger partial charge is 0.493 e. The molecule has 0 unspecified atom stereocenters. The quantitative estimate of drug-likeness (QED) is 0.372. The van der Waals surface area contributed by atoms with Gasteiger partial charge in [-0.3, -0.25) is 19.7 Å². The Morgan fingerprint density at radius 3 is 2.62 bits per heavy atom. The summed E-state index contributed by atoms with van der Waals surface area (Å²) in [7, 11) is 0. The lowest BCUT2D eigenvalue weighted by atomic mass is 10.0. The number of urea groups is 1.